The Hall–Kier alpha value is -3.27. The first-order valence-corrected chi connectivity index (χ1v) is 12.9. The molecule has 0 unspecified atom stereocenters. The second-order valence-corrected chi connectivity index (χ2v) is 8.73. The Morgan fingerprint density at radius 3 is 1.86 bits per heavy atom. The van der Waals surface area contributed by atoms with E-state index in [2.05, 4.69) is 26.8 Å². The van der Waals surface area contributed by atoms with E-state index < -0.39 is 5.97 Å². The molecule has 0 heterocycles. The molecule has 0 amide bonds. The zero-order valence-electron chi connectivity index (χ0n) is 21.4. The number of esters is 1. The van der Waals surface area contributed by atoms with Crippen molar-refractivity contribution in [2.75, 3.05) is 0 Å². The number of ether oxygens (including phenoxy) is 1. The molecule has 0 aliphatic heterocycles. The van der Waals surface area contributed by atoms with E-state index in [1.165, 1.54) is 67.3 Å². The van der Waals surface area contributed by atoms with Crippen molar-refractivity contribution in [2.45, 2.75) is 78.6 Å². The first-order valence-electron chi connectivity index (χ1n) is 12.9. The van der Waals surface area contributed by atoms with E-state index in [1.54, 1.807) is 36.4 Å². The lowest BCUT2D eigenvalue weighted by atomic mass is 9.90. The first kappa shape index (κ1) is 28.0. The van der Waals surface area contributed by atoms with Gasteiger partial charge in [0, 0.05) is 0 Å². The fourth-order valence-corrected chi connectivity index (χ4v) is 3.92. The largest absolute Gasteiger partial charge is 0.508 e. The van der Waals surface area contributed by atoms with Crippen LogP contribution in [0.1, 0.15) is 86.3 Å². The predicted molar refractivity (Wildman–Crippen MR) is 143 cm³/mol. The van der Waals surface area contributed by atoms with Gasteiger partial charge in [0.15, 0.2) is 0 Å². The van der Waals surface area contributed by atoms with Gasteiger partial charge in [0.2, 0.25) is 0 Å². The van der Waals surface area contributed by atoms with E-state index in [4.69, 9.17) is 4.74 Å². The summed E-state index contributed by atoms with van der Waals surface area (Å²) >= 11 is 0. The lowest BCUT2D eigenvalue weighted by Gasteiger charge is -2.16. The van der Waals surface area contributed by atoms with Crippen molar-refractivity contribution in [3.05, 3.63) is 89.0 Å². The molecule has 0 fully saturated rings. The number of unbranched alkanes of at least 4 members (excludes halogenated alkanes) is 3. The van der Waals surface area contributed by atoms with Crippen molar-refractivity contribution in [2.24, 2.45) is 0 Å². The van der Waals surface area contributed by atoms with E-state index >= 15 is 0 Å². The van der Waals surface area contributed by atoms with Crippen LogP contribution in [0.5, 0.6) is 17.2 Å². The van der Waals surface area contributed by atoms with Crippen molar-refractivity contribution < 1.29 is 19.7 Å². The number of rotatable bonds is 11. The Balaban J connectivity index is 0.000000250. The zero-order valence-corrected chi connectivity index (χ0v) is 21.4. The highest BCUT2D eigenvalue weighted by Gasteiger charge is 2.13. The van der Waals surface area contributed by atoms with E-state index in [-0.39, 0.29) is 11.3 Å². The monoisotopic (exact) mass is 476 g/mol. The molecule has 0 spiro atoms. The van der Waals surface area contributed by atoms with Gasteiger partial charge in [0.1, 0.15) is 22.8 Å². The van der Waals surface area contributed by atoms with Crippen LogP contribution in [0.3, 0.4) is 0 Å². The molecule has 0 aromatic heterocycles. The van der Waals surface area contributed by atoms with Gasteiger partial charge in [-0.05, 0) is 85.5 Å². The minimum Gasteiger partial charge on any atom is -0.508 e. The molecule has 3 aromatic rings. The molecule has 0 radical (unpaired) electrons. The summed E-state index contributed by atoms with van der Waals surface area (Å²) in [6.07, 6.45) is 10.6. The van der Waals surface area contributed by atoms with Crippen LogP contribution < -0.4 is 4.74 Å². The number of aryl methyl sites for hydroxylation is 1. The van der Waals surface area contributed by atoms with E-state index in [1.807, 2.05) is 12.1 Å². The van der Waals surface area contributed by atoms with Crippen molar-refractivity contribution in [3.8, 4) is 17.2 Å². The Morgan fingerprint density at radius 2 is 1.23 bits per heavy atom. The van der Waals surface area contributed by atoms with Crippen LogP contribution >= 0.6 is 0 Å². The van der Waals surface area contributed by atoms with E-state index in [0.29, 0.717) is 11.5 Å². The number of phenols is 2. The number of aromatic hydroxyl groups is 2. The van der Waals surface area contributed by atoms with Crippen LogP contribution in [0.25, 0.3) is 0 Å². The van der Waals surface area contributed by atoms with Gasteiger partial charge in [-0.3, -0.25) is 0 Å². The van der Waals surface area contributed by atoms with Crippen molar-refractivity contribution in [1.82, 2.24) is 0 Å². The molecule has 0 aliphatic rings. The summed E-state index contributed by atoms with van der Waals surface area (Å²) in [4.78, 5) is 11.7. The topological polar surface area (TPSA) is 66.8 Å². The number of hydrogen-bond donors (Lipinski definition) is 2. The summed E-state index contributed by atoms with van der Waals surface area (Å²) in [6, 6.07) is 19.1. The minimum atomic E-state index is -0.565. The summed E-state index contributed by atoms with van der Waals surface area (Å²) in [5.41, 5.74) is 4.30. The predicted octanol–water partition coefficient (Wildman–Crippen LogP) is 8.03. The van der Waals surface area contributed by atoms with Crippen molar-refractivity contribution >= 4 is 5.97 Å². The molecule has 0 bridgehead atoms. The molecule has 35 heavy (non-hydrogen) atoms. The van der Waals surface area contributed by atoms with Crippen molar-refractivity contribution in [3.63, 3.8) is 0 Å². The number of para-hydroxylation sites is 2. The summed E-state index contributed by atoms with van der Waals surface area (Å²) in [6.45, 7) is 6.69. The molecular weight excluding hydrogens is 436 g/mol. The van der Waals surface area contributed by atoms with Crippen molar-refractivity contribution in [1.29, 1.82) is 0 Å². The summed E-state index contributed by atoms with van der Waals surface area (Å²) in [7, 11) is 0. The molecule has 0 aliphatic carbocycles. The van der Waals surface area contributed by atoms with Crippen LogP contribution in [0.4, 0.5) is 0 Å². The summed E-state index contributed by atoms with van der Waals surface area (Å²) in [5.74, 6) is 0.322. The molecular formula is C31H40O4. The standard InChI is InChI=1S/C18H30O.C13H10O3/c1-4-7-10-15-13-14-18(19)17(12-9-6-3)16(15)11-8-5-2;14-12-9-5-4-8-11(12)13(15)16-10-6-2-1-3-7-10/h13-14,19H,4-12H2,1-3H3;1-9,14H. The molecule has 0 saturated heterocycles. The number of phenolic OH excluding ortho intramolecular Hbond substituents is 2. The third-order valence-corrected chi connectivity index (χ3v) is 5.94. The highest BCUT2D eigenvalue weighted by molar-refractivity contribution is 5.93. The Morgan fingerprint density at radius 1 is 0.657 bits per heavy atom. The Labute approximate surface area is 210 Å². The number of hydrogen-bond acceptors (Lipinski definition) is 4. The lowest BCUT2D eigenvalue weighted by Crippen LogP contribution is -2.08. The van der Waals surface area contributed by atoms with Gasteiger partial charge >= 0.3 is 5.97 Å². The van der Waals surface area contributed by atoms with Crippen LogP contribution in [0.2, 0.25) is 0 Å². The second kappa shape index (κ2) is 15.6. The van der Waals surface area contributed by atoms with Crippen LogP contribution in [0, 0.1) is 0 Å². The summed E-state index contributed by atoms with van der Waals surface area (Å²) in [5, 5.41) is 19.6. The third kappa shape index (κ3) is 9.12. The van der Waals surface area contributed by atoms with Gasteiger partial charge in [-0.1, -0.05) is 76.4 Å². The maximum absolute atomic E-state index is 11.7. The number of carbonyl (C=O) groups excluding carboxylic acids is 1. The number of carbonyl (C=O) groups is 1. The average Bonchev–Trinajstić information content (AvgIpc) is 2.87. The highest BCUT2D eigenvalue weighted by atomic mass is 16.5. The first-order chi connectivity index (χ1) is 17.0. The smallest absolute Gasteiger partial charge is 0.347 e. The fourth-order valence-electron chi connectivity index (χ4n) is 3.92. The Kier molecular flexibility index (Phi) is 12.5. The third-order valence-electron chi connectivity index (χ3n) is 5.94. The van der Waals surface area contributed by atoms with Gasteiger partial charge < -0.3 is 14.9 Å². The van der Waals surface area contributed by atoms with Gasteiger partial charge in [-0.25, -0.2) is 4.79 Å². The van der Waals surface area contributed by atoms with Crippen LogP contribution in [-0.4, -0.2) is 16.2 Å². The average molecular weight is 477 g/mol. The molecule has 3 aromatic carbocycles. The normalized spacial score (nSPS) is 10.4. The molecule has 4 nitrogen and oxygen atoms in total. The molecule has 188 valence electrons. The van der Waals surface area contributed by atoms with E-state index in [9.17, 15) is 15.0 Å². The molecule has 3 rings (SSSR count). The molecule has 2 N–H and O–H groups in total. The molecule has 0 saturated carbocycles. The lowest BCUT2D eigenvalue weighted by molar-refractivity contribution is 0.0731. The minimum absolute atomic E-state index is 0.0802. The molecule has 4 heteroatoms. The maximum atomic E-state index is 11.7. The van der Waals surface area contributed by atoms with E-state index in [0.717, 1.165) is 19.3 Å². The Bertz CT molecular complexity index is 1030. The van der Waals surface area contributed by atoms with Gasteiger partial charge in [0.05, 0.1) is 0 Å². The zero-order chi connectivity index (χ0) is 25.5. The summed E-state index contributed by atoms with van der Waals surface area (Å²) < 4.78 is 5.08. The van der Waals surface area contributed by atoms with Gasteiger partial charge in [-0.15, -0.1) is 0 Å². The second-order valence-electron chi connectivity index (χ2n) is 8.73. The van der Waals surface area contributed by atoms with Crippen LogP contribution in [0.15, 0.2) is 66.7 Å². The van der Waals surface area contributed by atoms with Crippen LogP contribution in [-0.2, 0) is 19.3 Å². The van der Waals surface area contributed by atoms with Gasteiger partial charge in [0.25, 0.3) is 0 Å². The fraction of sp³-hybridized carbons (Fsp3) is 0.387. The number of benzene rings is 3. The van der Waals surface area contributed by atoms with Gasteiger partial charge in [-0.2, -0.15) is 0 Å². The highest BCUT2D eigenvalue weighted by Crippen LogP contribution is 2.29. The SMILES string of the molecule is CCCCc1ccc(O)c(CCCC)c1CCCC.O=C(Oc1ccccc1)c1ccccc1O. The molecule has 0 atom stereocenters. The quantitative estimate of drug-likeness (QED) is 0.217. The maximum Gasteiger partial charge on any atom is 0.347 e.